The van der Waals surface area contributed by atoms with Crippen LogP contribution < -0.4 is 10.6 Å². The summed E-state index contributed by atoms with van der Waals surface area (Å²) >= 11 is 11.7. The zero-order valence-electron chi connectivity index (χ0n) is 10.9. The van der Waals surface area contributed by atoms with Crippen LogP contribution in [0.1, 0.15) is 0 Å². The van der Waals surface area contributed by atoms with Crippen LogP contribution in [-0.4, -0.2) is 38.9 Å². The quantitative estimate of drug-likeness (QED) is 0.639. The summed E-state index contributed by atoms with van der Waals surface area (Å²) in [5.74, 6) is -1.69. The number of carbonyl (C=O) groups excluding carboxylic acids is 2. The fourth-order valence-electron chi connectivity index (χ4n) is 1.30. The Morgan fingerprint density at radius 1 is 1.20 bits per heavy atom. The lowest BCUT2D eigenvalue weighted by Gasteiger charge is -2.14. The third-order valence-corrected chi connectivity index (χ3v) is 3.18. The average molecular weight is 321 g/mol. The summed E-state index contributed by atoms with van der Waals surface area (Å²) in [7, 11) is 2.85. The first-order chi connectivity index (χ1) is 9.49. The number of nitrogens with one attached hydrogen (secondary N) is 2. The molecule has 1 aromatic rings. The van der Waals surface area contributed by atoms with Crippen LogP contribution in [0.5, 0.6) is 0 Å². The number of methoxy groups -OCH3 is 2. The van der Waals surface area contributed by atoms with E-state index >= 15 is 0 Å². The number of halogens is 2. The van der Waals surface area contributed by atoms with Crippen molar-refractivity contribution >= 4 is 40.7 Å². The predicted molar refractivity (Wildman–Crippen MR) is 75.9 cm³/mol. The van der Waals surface area contributed by atoms with E-state index in [0.717, 1.165) is 0 Å². The lowest BCUT2D eigenvalue weighted by Crippen LogP contribution is -2.40. The van der Waals surface area contributed by atoms with Gasteiger partial charge in [0.05, 0.1) is 22.3 Å². The average Bonchev–Trinajstić information content (AvgIpc) is 2.44. The van der Waals surface area contributed by atoms with E-state index in [4.69, 9.17) is 32.7 Å². The second-order valence-corrected chi connectivity index (χ2v) is 4.45. The van der Waals surface area contributed by atoms with Crippen molar-refractivity contribution in [2.45, 2.75) is 6.29 Å². The second-order valence-electron chi connectivity index (χ2n) is 3.67. The molecular formula is C12H14Cl2N2O4. The maximum atomic E-state index is 11.7. The van der Waals surface area contributed by atoms with Gasteiger partial charge in [-0.25, -0.2) is 0 Å². The highest BCUT2D eigenvalue weighted by Crippen LogP contribution is 2.29. The molecule has 0 unspecified atom stereocenters. The number of hydrogen-bond donors (Lipinski definition) is 2. The molecule has 20 heavy (non-hydrogen) atoms. The van der Waals surface area contributed by atoms with Gasteiger partial charge in [-0.15, -0.1) is 0 Å². The van der Waals surface area contributed by atoms with Gasteiger partial charge in [-0.05, 0) is 12.1 Å². The Morgan fingerprint density at radius 3 is 2.45 bits per heavy atom. The minimum atomic E-state index is -0.861. The SMILES string of the molecule is COC(CNC(=O)C(=O)Nc1cccc(Cl)c1Cl)OC. The van der Waals surface area contributed by atoms with E-state index in [1.807, 2.05) is 0 Å². The van der Waals surface area contributed by atoms with Crippen LogP contribution in [0.3, 0.4) is 0 Å². The third-order valence-electron chi connectivity index (χ3n) is 2.36. The molecule has 0 spiro atoms. The molecule has 8 heteroatoms. The Morgan fingerprint density at radius 2 is 1.85 bits per heavy atom. The van der Waals surface area contributed by atoms with Gasteiger partial charge in [-0.3, -0.25) is 9.59 Å². The number of rotatable bonds is 5. The first-order valence-electron chi connectivity index (χ1n) is 5.58. The molecule has 0 fully saturated rings. The van der Waals surface area contributed by atoms with E-state index in [0.29, 0.717) is 0 Å². The molecule has 0 aliphatic rings. The van der Waals surface area contributed by atoms with Crippen LogP contribution in [0.4, 0.5) is 5.69 Å². The fourth-order valence-corrected chi connectivity index (χ4v) is 1.65. The number of ether oxygens (including phenoxy) is 2. The van der Waals surface area contributed by atoms with Gasteiger partial charge in [-0.2, -0.15) is 0 Å². The molecule has 0 saturated carbocycles. The molecule has 2 N–H and O–H groups in total. The van der Waals surface area contributed by atoms with Gasteiger partial charge in [0.2, 0.25) is 0 Å². The van der Waals surface area contributed by atoms with Gasteiger partial charge in [-0.1, -0.05) is 29.3 Å². The lowest BCUT2D eigenvalue weighted by molar-refractivity contribution is -0.139. The fraction of sp³-hybridized carbons (Fsp3) is 0.333. The summed E-state index contributed by atoms with van der Waals surface area (Å²) in [4.78, 5) is 23.2. The normalized spacial score (nSPS) is 10.4. The van der Waals surface area contributed by atoms with Crippen molar-refractivity contribution in [1.82, 2.24) is 5.32 Å². The molecule has 110 valence electrons. The van der Waals surface area contributed by atoms with Gasteiger partial charge >= 0.3 is 11.8 Å². The van der Waals surface area contributed by atoms with Crippen molar-refractivity contribution in [3.63, 3.8) is 0 Å². The molecule has 0 aliphatic heterocycles. The van der Waals surface area contributed by atoms with Crippen molar-refractivity contribution in [3.8, 4) is 0 Å². The highest BCUT2D eigenvalue weighted by atomic mass is 35.5. The lowest BCUT2D eigenvalue weighted by atomic mass is 10.3. The minimum absolute atomic E-state index is 0.0442. The maximum absolute atomic E-state index is 11.7. The molecule has 1 rings (SSSR count). The van der Waals surface area contributed by atoms with Crippen molar-refractivity contribution in [2.24, 2.45) is 0 Å². The van der Waals surface area contributed by atoms with Crippen LogP contribution >= 0.6 is 23.2 Å². The predicted octanol–water partition coefficient (Wildman–Crippen LogP) is 1.67. The van der Waals surface area contributed by atoms with Crippen LogP contribution in [-0.2, 0) is 19.1 Å². The zero-order valence-corrected chi connectivity index (χ0v) is 12.4. The number of benzene rings is 1. The smallest absolute Gasteiger partial charge is 0.313 e. The van der Waals surface area contributed by atoms with E-state index in [1.54, 1.807) is 12.1 Å². The van der Waals surface area contributed by atoms with Gasteiger partial charge in [0.25, 0.3) is 0 Å². The van der Waals surface area contributed by atoms with E-state index in [2.05, 4.69) is 10.6 Å². The van der Waals surface area contributed by atoms with E-state index in [-0.39, 0.29) is 22.3 Å². The summed E-state index contributed by atoms with van der Waals surface area (Å²) in [6, 6.07) is 4.71. The Bertz CT molecular complexity index is 492. The molecule has 0 aliphatic carbocycles. The molecule has 6 nitrogen and oxygen atoms in total. The second kappa shape index (κ2) is 8.06. The molecule has 0 heterocycles. The highest BCUT2D eigenvalue weighted by molar-refractivity contribution is 6.45. The van der Waals surface area contributed by atoms with Gasteiger partial charge in [0, 0.05) is 14.2 Å². The van der Waals surface area contributed by atoms with E-state index < -0.39 is 18.1 Å². The van der Waals surface area contributed by atoms with Crippen molar-refractivity contribution in [3.05, 3.63) is 28.2 Å². The first-order valence-corrected chi connectivity index (χ1v) is 6.34. The summed E-state index contributed by atoms with van der Waals surface area (Å²) in [5, 5.41) is 5.17. The van der Waals surface area contributed by atoms with Crippen molar-refractivity contribution in [2.75, 3.05) is 26.1 Å². The van der Waals surface area contributed by atoms with Gasteiger partial charge < -0.3 is 20.1 Å². The monoisotopic (exact) mass is 320 g/mol. The number of carbonyl (C=O) groups is 2. The third kappa shape index (κ3) is 4.64. The van der Waals surface area contributed by atoms with E-state index in [9.17, 15) is 9.59 Å². The summed E-state index contributed by atoms with van der Waals surface area (Å²) in [6.07, 6.45) is -0.624. The summed E-state index contributed by atoms with van der Waals surface area (Å²) in [5.41, 5.74) is 0.259. The molecule has 0 bridgehead atoms. The molecule has 0 radical (unpaired) electrons. The Hall–Kier alpha value is -1.34. The van der Waals surface area contributed by atoms with Gasteiger partial charge in [0.1, 0.15) is 0 Å². The van der Waals surface area contributed by atoms with Gasteiger partial charge in [0.15, 0.2) is 6.29 Å². The van der Waals surface area contributed by atoms with Crippen molar-refractivity contribution < 1.29 is 19.1 Å². The van der Waals surface area contributed by atoms with Crippen LogP contribution in [0.25, 0.3) is 0 Å². The Balaban J connectivity index is 2.58. The van der Waals surface area contributed by atoms with Crippen molar-refractivity contribution in [1.29, 1.82) is 0 Å². The molecular weight excluding hydrogens is 307 g/mol. The summed E-state index contributed by atoms with van der Waals surface area (Å²) in [6.45, 7) is 0.0442. The molecule has 0 aromatic heterocycles. The molecule has 0 saturated heterocycles. The Labute approximate surface area is 126 Å². The Kier molecular flexibility index (Phi) is 6.74. The highest BCUT2D eigenvalue weighted by Gasteiger charge is 2.17. The van der Waals surface area contributed by atoms with Crippen LogP contribution in [0, 0.1) is 0 Å². The number of amides is 2. The molecule has 0 atom stereocenters. The van der Waals surface area contributed by atoms with Crippen LogP contribution in [0.2, 0.25) is 10.0 Å². The van der Waals surface area contributed by atoms with E-state index in [1.165, 1.54) is 20.3 Å². The standard InChI is InChI=1S/C12H14Cl2N2O4/c1-19-9(20-2)6-15-11(17)12(18)16-8-5-3-4-7(13)10(8)14/h3-5,9H,6H2,1-2H3,(H,15,17)(H,16,18). The minimum Gasteiger partial charge on any atom is -0.354 e. The first kappa shape index (κ1) is 16.7. The maximum Gasteiger partial charge on any atom is 0.313 e. The topological polar surface area (TPSA) is 76.7 Å². The number of anilines is 1. The van der Waals surface area contributed by atoms with Crippen LogP contribution in [0.15, 0.2) is 18.2 Å². The largest absolute Gasteiger partial charge is 0.354 e. The molecule has 1 aromatic carbocycles. The molecule has 2 amide bonds. The summed E-state index contributed by atoms with van der Waals surface area (Å²) < 4.78 is 9.75. The zero-order chi connectivity index (χ0) is 15.1. The number of hydrogen-bond acceptors (Lipinski definition) is 4.